The molecule has 0 aliphatic rings. The van der Waals surface area contributed by atoms with Crippen LogP contribution in [-0.4, -0.2) is 30.9 Å². The summed E-state index contributed by atoms with van der Waals surface area (Å²) in [7, 11) is -2.88. The molecule has 0 aromatic carbocycles. The van der Waals surface area contributed by atoms with Crippen LogP contribution >= 0.6 is 19.4 Å². The van der Waals surface area contributed by atoms with Crippen molar-refractivity contribution in [2.24, 2.45) is 0 Å². The number of hydrogen-bond donors (Lipinski definition) is 0. The fourth-order valence-electron chi connectivity index (χ4n) is 2.36. The Kier molecular flexibility index (Phi) is 15.6. The summed E-state index contributed by atoms with van der Waals surface area (Å²) >= 11 is 1.78. The van der Waals surface area contributed by atoms with Crippen LogP contribution in [0.2, 0.25) is 0 Å². The third kappa shape index (κ3) is 14.8. The largest absolute Gasteiger partial charge is 0.331 e. The van der Waals surface area contributed by atoms with Crippen molar-refractivity contribution in [1.82, 2.24) is 0 Å². The van der Waals surface area contributed by atoms with E-state index in [1.165, 1.54) is 16.7 Å². The van der Waals surface area contributed by atoms with E-state index in [1.54, 1.807) is 11.8 Å². The second-order valence-electron chi connectivity index (χ2n) is 6.70. The fraction of sp³-hybridized carbons (Fsp3) is 0.714. The van der Waals surface area contributed by atoms with Gasteiger partial charge in [0.15, 0.2) is 0 Å². The lowest BCUT2D eigenvalue weighted by atomic mass is 10.1. The van der Waals surface area contributed by atoms with Gasteiger partial charge in [0.25, 0.3) is 0 Å². The molecule has 0 saturated heterocycles. The smallest absolute Gasteiger partial charge is 0.309 e. The maximum Gasteiger partial charge on any atom is 0.331 e. The van der Waals surface area contributed by atoms with E-state index in [2.05, 4.69) is 45.9 Å². The van der Waals surface area contributed by atoms with Crippen molar-refractivity contribution in [3.05, 3.63) is 34.9 Å². The molecule has 0 aliphatic heterocycles. The Morgan fingerprint density at radius 1 is 0.885 bits per heavy atom. The number of rotatable bonds is 15. The molecule has 0 radical (unpaired) electrons. The maximum atomic E-state index is 12.3. The van der Waals surface area contributed by atoms with Crippen LogP contribution in [0.25, 0.3) is 0 Å². The molecule has 0 heterocycles. The van der Waals surface area contributed by atoms with Gasteiger partial charge in [0.1, 0.15) is 0 Å². The Bertz CT molecular complexity index is 495. The average molecular weight is 403 g/mol. The molecule has 0 rings (SSSR count). The van der Waals surface area contributed by atoms with Gasteiger partial charge in [-0.3, -0.25) is 4.57 Å². The predicted octanol–water partition coefficient (Wildman–Crippen LogP) is 7.40. The summed E-state index contributed by atoms with van der Waals surface area (Å²) in [5.41, 5.74) is 4.30. The highest BCUT2D eigenvalue weighted by Gasteiger charge is 2.22. The van der Waals surface area contributed by atoms with Gasteiger partial charge in [-0.2, -0.15) is 11.8 Å². The van der Waals surface area contributed by atoms with Crippen molar-refractivity contribution >= 4 is 19.4 Å². The first-order valence-corrected chi connectivity index (χ1v) is 12.6. The predicted molar refractivity (Wildman–Crippen MR) is 118 cm³/mol. The first kappa shape index (κ1) is 25.7. The molecule has 0 aromatic heterocycles. The van der Waals surface area contributed by atoms with Crippen LogP contribution in [0.1, 0.15) is 67.2 Å². The Morgan fingerprint density at radius 2 is 1.42 bits per heavy atom. The normalized spacial score (nSPS) is 13.2. The lowest BCUT2D eigenvalue weighted by molar-refractivity contribution is 0.221. The quantitative estimate of drug-likeness (QED) is 0.162. The Hall–Kier alpha value is -0.280. The molecule has 152 valence electrons. The molecule has 26 heavy (non-hydrogen) atoms. The highest BCUT2D eigenvalue weighted by molar-refractivity contribution is 7.99. The first-order chi connectivity index (χ1) is 12.3. The Balaban J connectivity index is 4.00. The molecule has 0 aliphatic carbocycles. The van der Waals surface area contributed by atoms with Crippen molar-refractivity contribution < 1.29 is 13.6 Å². The maximum absolute atomic E-state index is 12.3. The second-order valence-corrected chi connectivity index (χ2v) is 10.0. The van der Waals surface area contributed by atoms with Crippen LogP contribution < -0.4 is 0 Å². The third-order valence-electron chi connectivity index (χ3n) is 3.83. The summed E-state index contributed by atoms with van der Waals surface area (Å²) in [6.07, 6.45) is 11.9. The number of thioether (sulfide) groups is 1. The van der Waals surface area contributed by atoms with Gasteiger partial charge in [-0.25, -0.2) is 0 Å². The molecule has 0 aromatic rings. The summed E-state index contributed by atoms with van der Waals surface area (Å²) < 4.78 is 23.0. The topological polar surface area (TPSA) is 35.5 Å². The Morgan fingerprint density at radius 3 is 1.96 bits per heavy atom. The van der Waals surface area contributed by atoms with Crippen molar-refractivity contribution in [2.45, 2.75) is 67.2 Å². The molecule has 0 fully saturated rings. The van der Waals surface area contributed by atoms with E-state index in [0.717, 1.165) is 37.2 Å². The zero-order valence-corrected chi connectivity index (χ0v) is 19.4. The highest BCUT2D eigenvalue weighted by atomic mass is 32.2. The van der Waals surface area contributed by atoms with E-state index >= 15 is 0 Å². The summed E-state index contributed by atoms with van der Waals surface area (Å²) in [6.45, 7) is 13.3. The van der Waals surface area contributed by atoms with E-state index in [-0.39, 0.29) is 0 Å². The van der Waals surface area contributed by atoms with Crippen molar-refractivity contribution in [2.75, 3.05) is 30.9 Å². The molecule has 0 bridgehead atoms. The van der Waals surface area contributed by atoms with Crippen LogP contribution in [0.15, 0.2) is 34.9 Å². The van der Waals surface area contributed by atoms with Gasteiger partial charge >= 0.3 is 7.60 Å². The summed E-state index contributed by atoms with van der Waals surface area (Å²) in [5, 5.41) is 0. The fourth-order valence-corrected chi connectivity index (χ4v) is 5.46. The molecular formula is C21H39O3PS. The molecule has 0 saturated carbocycles. The molecular weight excluding hydrogens is 363 g/mol. The SMILES string of the molecule is CCOP(=O)(CCSC/C=C(\C)CC/C=C(\C)CCC=C(C)C)OCC. The van der Waals surface area contributed by atoms with E-state index < -0.39 is 7.60 Å². The van der Waals surface area contributed by atoms with Crippen LogP contribution in [0.5, 0.6) is 0 Å². The minimum atomic E-state index is -2.88. The van der Waals surface area contributed by atoms with Gasteiger partial charge in [0.05, 0.1) is 19.4 Å². The van der Waals surface area contributed by atoms with Gasteiger partial charge in [0, 0.05) is 11.5 Å². The minimum absolute atomic E-state index is 0.433. The molecule has 0 amide bonds. The minimum Gasteiger partial charge on any atom is -0.309 e. The van der Waals surface area contributed by atoms with Crippen LogP contribution in [0, 0.1) is 0 Å². The zero-order chi connectivity index (χ0) is 19.8. The van der Waals surface area contributed by atoms with E-state index in [0.29, 0.717) is 19.4 Å². The van der Waals surface area contributed by atoms with Gasteiger partial charge < -0.3 is 9.05 Å². The highest BCUT2D eigenvalue weighted by Crippen LogP contribution is 2.48. The lowest BCUT2D eigenvalue weighted by Gasteiger charge is -2.16. The molecule has 3 nitrogen and oxygen atoms in total. The van der Waals surface area contributed by atoms with Crippen molar-refractivity contribution in [3.63, 3.8) is 0 Å². The van der Waals surface area contributed by atoms with Crippen LogP contribution in [-0.2, 0) is 13.6 Å². The summed E-state index contributed by atoms with van der Waals surface area (Å²) in [4.78, 5) is 0. The average Bonchev–Trinajstić information content (AvgIpc) is 2.54. The molecule has 0 spiro atoms. The van der Waals surface area contributed by atoms with Gasteiger partial charge in [-0.15, -0.1) is 0 Å². The summed E-state index contributed by atoms with van der Waals surface area (Å²) in [6, 6.07) is 0. The standard InChI is InChI=1S/C21H39O3PS/c1-7-23-25(22,24-8-2)16-18-26-17-15-21(6)14-10-13-20(5)12-9-11-19(3)4/h11,13,15H,7-10,12,14,16-18H2,1-6H3/b20-13+,21-15+. The van der Waals surface area contributed by atoms with Crippen LogP contribution in [0.4, 0.5) is 0 Å². The first-order valence-electron chi connectivity index (χ1n) is 9.73. The van der Waals surface area contributed by atoms with E-state index in [9.17, 15) is 4.57 Å². The molecule has 0 unspecified atom stereocenters. The van der Waals surface area contributed by atoms with Crippen molar-refractivity contribution in [3.8, 4) is 0 Å². The summed E-state index contributed by atoms with van der Waals surface area (Å²) in [5.74, 6) is 1.75. The third-order valence-corrected chi connectivity index (χ3v) is 7.11. The van der Waals surface area contributed by atoms with Gasteiger partial charge in [-0.1, -0.05) is 34.9 Å². The Labute approximate surface area is 166 Å². The number of allylic oxidation sites excluding steroid dienone is 5. The van der Waals surface area contributed by atoms with Crippen LogP contribution in [0.3, 0.4) is 0 Å². The van der Waals surface area contributed by atoms with Gasteiger partial charge in [0.2, 0.25) is 0 Å². The molecule has 0 N–H and O–H groups in total. The lowest BCUT2D eigenvalue weighted by Crippen LogP contribution is -2.02. The second kappa shape index (κ2) is 15.7. The number of hydrogen-bond acceptors (Lipinski definition) is 4. The van der Waals surface area contributed by atoms with E-state index in [1.807, 2.05) is 13.8 Å². The monoisotopic (exact) mass is 402 g/mol. The molecule has 5 heteroatoms. The molecule has 0 atom stereocenters. The van der Waals surface area contributed by atoms with Crippen molar-refractivity contribution in [1.29, 1.82) is 0 Å². The van der Waals surface area contributed by atoms with E-state index in [4.69, 9.17) is 9.05 Å². The zero-order valence-electron chi connectivity index (χ0n) is 17.7. The van der Waals surface area contributed by atoms with Gasteiger partial charge in [-0.05, 0) is 67.2 Å².